The number of hydrogen-bond donors (Lipinski definition) is 2. The van der Waals surface area contributed by atoms with Gasteiger partial charge in [-0.25, -0.2) is 0 Å². The minimum Gasteiger partial charge on any atom is -0.351 e. The Morgan fingerprint density at radius 2 is 2.08 bits per heavy atom. The molecular formula is C19H24N4O3. The van der Waals surface area contributed by atoms with Crippen LogP contribution < -0.4 is 10.6 Å². The zero-order chi connectivity index (χ0) is 19.3. The fourth-order valence-electron chi connectivity index (χ4n) is 2.87. The third kappa shape index (κ3) is 5.06. The normalized spacial score (nSPS) is 16.9. The Hall–Kier alpha value is -2.88. The Morgan fingerprint density at radius 3 is 2.69 bits per heavy atom. The lowest BCUT2D eigenvalue weighted by atomic mass is 10.1. The molecule has 0 saturated carbocycles. The van der Waals surface area contributed by atoms with Crippen molar-refractivity contribution in [1.29, 1.82) is 5.26 Å². The molecule has 3 amide bonds. The standard InChI is InChI=1S/C19H24N4O3/c1-19(2,3)23-12-14(10-17(23)25)18(26)22-15-6-4-5-13(9-15)11-21-16(24)7-8-20/h4-6,9,14H,7,10-12H2,1-3H3,(H,21,24)(H,22,26). The molecule has 26 heavy (non-hydrogen) atoms. The smallest absolute Gasteiger partial charge is 0.234 e. The van der Waals surface area contributed by atoms with Gasteiger partial charge >= 0.3 is 0 Å². The highest BCUT2D eigenvalue weighted by Crippen LogP contribution is 2.26. The summed E-state index contributed by atoms with van der Waals surface area (Å²) in [6.07, 6.45) is 0.0312. The van der Waals surface area contributed by atoms with Crippen molar-refractivity contribution in [2.75, 3.05) is 11.9 Å². The molecule has 1 aromatic carbocycles. The monoisotopic (exact) mass is 356 g/mol. The van der Waals surface area contributed by atoms with E-state index in [0.717, 1.165) is 5.56 Å². The van der Waals surface area contributed by atoms with Gasteiger partial charge in [0.05, 0.1) is 12.0 Å². The van der Waals surface area contributed by atoms with E-state index in [0.29, 0.717) is 12.2 Å². The molecule has 1 aliphatic rings. The van der Waals surface area contributed by atoms with E-state index in [-0.39, 0.29) is 48.6 Å². The van der Waals surface area contributed by atoms with Crippen LogP contribution in [0.5, 0.6) is 0 Å². The van der Waals surface area contributed by atoms with E-state index in [1.807, 2.05) is 26.8 Å². The highest BCUT2D eigenvalue weighted by molar-refractivity contribution is 5.97. The number of benzene rings is 1. The molecule has 7 nitrogen and oxygen atoms in total. The molecule has 0 radical (unpaired) electrons. The number of hydrogen-bond acceptors (Lipinski definition) is 4. The van der Waals surface area contributed by atoms with Crippen molar-refractivity contribution in [3.63, 3.8) is 0 Å². The summed E-state index contributed by atoms with van der Waals surface area (Å²) < 4.78 is 0. The highest BCUT2D eigenvalue weighted by Gasteiger charge is 2.39. The molecule has 0 aromatic heterocycles. The van der Waals surface area contributed by atoms with Crippen LogP contribution in [-0.4, -0.2) is 34.7 Å². The molecular weight excluding hydrogens is 332 g/mol. The quantitative estimate of drug-likeness (QED) is 0.840. The van der Waals surface area contributed by atoms with Gasteiger partial charge < -0.3 is 15.5 Å². The van der Waals surface area contributed by atoms with Crippen molar-refractivity contribution in [2.45, 2.75) is 45.7 Å². The predicted octanol–water partition coefficient (Wildman–Crippen LogP) is 1.80. The maximum absolute atomic E-state index is 12.5. The minimum atomic E-state index is -0.374. The van der Waals surface area contributed by atoms with E-state index in [9.17, 15) is 14.4 Å². The summed E-state index contributed by atoms with van der Waals surface area (Å²) in [6.45, 7) is 6.56. The summed E-state index contributed by atoms with van der Waals surface area (Å²) in [5.74, 6) is -0.906. The first-order valence-corrected chi connectivity index (χ1v) is 8.54. The van der Waals surface area contributed by atoms with Crippen LogP contribution >= 0.6 is 0 Å². The number of likely N-dealkylation sites (tertiary alicyclic amines) is 1. The molecule has 1 aromatic rings. The molecule has 0 spiro atoms. The molecule has 2 rings (SSSR count). The molecule has 1 atom stereocenters. The Labute approximate surface area is 153 Å². The van der Waals surface area contributed by atoms with Gasteiger partial charge in [-0.1, -0.05) is 12.1 Å². The van der Waals surface area contributed by atoms with Crippen LogP contribution in [0.1, 0.15) is 39.2 Å². The van der Waals surface area contributed by atoms with Crippen LogP contribution in [0.15, 0.2) is 24.3 Å². The Morgan fingerprint density at radius 1 is 1.35 bits per heavy atom. The van der Waals surface area contributed by atoms with Gasteiger partial charge in [-0.3, -0.25) is 14.4 Å². The van der Waals surface area contributed by atoms with Crippen molar-refractivity contribution < 1.29 is 14.4 Å². The summed E-state index contributed by atoms with van der Waals surface area (Å²) in [5.41, 5.74) is 1.13. The molecule has 1 aliphatic heterocycles. The van der Waals surface area contributed by atoms with Gasteiger partial charge in [0.1, 0.15) is 6.42 Å². The maximum atomic E-state index is 12.5. The Bertz CT molecular complexity index is 746. The van der Waals surface area contributed by atoms with Crippen molar-refractivity contribution in [1.82, 2.24) is 10.2 Å². The van der Waals surface area contributed by atoms with Crippen LogP contribution in [0.2, 0.25) is 0 Å². The molecule has 1 fully saturated rings. The molecule has 0 aliphatic carbocycles. The molecule has 1 unspecified atom stereocenters. The second kappa shape index (κ2) is 8.00. The first kappa shape index (κ1) is 19.4. The molecule has 1 saturated heterocycles. The van der Waals surface area contributed by atoms with Gasteiger partial charge in [-0.2, -0.15) is 5.26 Å². The lowest BCUT2D eigenvalue weighted by Gasteiger charge is -2.31. The van der Waals surface area contributed by atoms with Gasteiger partial charge in [-0.15, -0.1) is 0 Å². The summed E-state index contributed by atoms with van der Waals surface area (Å²) in [7, 11) is 0. The zero-order valence-electron chi connectivity index (χ0n) is 15.3. The van der Waals surface area contributed by atoms with E-state index >= 15 is 0 Å². The highest BCUT2D eigenvalue weighted by atomic mass is 16.2. The van der Waals surface area contributed by atoms with Crippen LogP contribution in [0.4, 0.5) is 5.69 Å². The van der Waals surface area contributed by atoms with Crippen molar-refractivity contribution >= 4 is 23.4 Å². The van der Waals surface area contributed by atoms with E-state index in [4.69, 9.17) is 5.26 Å². The summed E-state index contributed by atoms with van der Waals surface area (Å²) in [4.78, 5) is 37.7. The number of nitriles is 1. The number of anilines is 1. The summed E-state index contributed by atoms with van der Waals surface area (Å²) >= 11 is 0. The fraction of sp³-hybridized carbons (Fsp3) is 0.474. The van der Waals surface area contributed by atoms with E-state index in [1.165, 1.54) is 0 Å². The Kier molecular flexibility index (Phi) is 5.98. The number of carbonyl (C=O) groups is 3. The van der Waals surface area contributed by atoms with Crippen LogP contribution in [0.25, 0.3) is 0 Å². The molecule has 0 bridgehead atoms. The molecule has 2 N–H and O–H groups in total. The second-order valence-electron chi connectivity index (χ2n) is 7.38. The van der Waals surface area contributed by atoms with Gasteiger partial charge in [-0.05, 0) is 38.5 Å². The predicted molar refractivity (Wildman–Crippen MR) is 96.7 cm³/mol. The topological polar surface area (TPSA) is 102 Å². The SMILES string of the molecule is CC(C)(C)N1CC(C(=O)Nc2cccc(CNC(=O)CC#N)c2)CC1=O. The van der Waals surface area contributed by atoms with Crippen molar-refractivity contribution in [3.05, 3.63) is 29.8 Å². The number of amides is 3. The average Bonchev–Trinajstić information content (AvgIpc) is 2.96. The number of carbonyl (C=O) groups excluding carboxylic acids is 3. The lowest BCUT2D eigenvalue weighted by molar-refractivity contribution is -0.131. The number of nitrogens with zero attached hydrogens (tertiary/aromatic N) is 2. The molecule has 138 valence electrons. The van der Waals surface area contributed by atoms with Crippen molar-refractivity contribution in [3.8, 4) is 6.07 Å². The average molecular weight is 356 g/mol. The van der Waals surface area contributed by atoms with Crippen LogP contribution in [0.3, 0.4) is 0 Å². The van der Waals surface area contributed by atoms with Gasteiger partial charge in [0.2, 0.25) is 17.7 Å². The first-order valence-electron chi connectivity index (χ1n) is 8.54. The van der Waals surface area contributed by atoms with Gasteiger partial charge in [0, 0.05) is 30.7 Å². The lowest BCUT2D eigenvalue weighted by Crippen LogP contribution is -2.42. The largest absolute Gasteiger partial charge is 0.351 e. The third-order valence-corrected chi connectivity index (χ3v) is 4.23. The molecule has 1 heterocycles. The Balaban J connectivity index is 1.95. The van der Waals surface area contributed by atoms with E-state index in [1.54, 1.807) is 29.2 Å². The first-order chi connectivity index (χ1) is 12.2. The summed E-state index contributed by atoms with van der Waals surface area (Å²) in [6, 6.07) is 8.92. The van der Waals surface area contributed by atoms with E-state index < -0.39 is 0 Å². The fourth-order valence-corrected chi connectivity index (χ4v) is 2.87. The van der Waals surface area contributed by atoms with Gasteiger partial charge in [0.15, 0.2) is 0 Å². The minimum absolute atomic E-state index is 0.00777. The van der Waals surface area contributed by atoms with Gasteiger partial charge in [0.25, 0.3) is 0 Å². The maximum Gasteiger partial charge on any atom is 0.234 e. The zero-order valence-corrected chi connectivity index (χ0v) is 15.3. The second-order valence-corrected chi connectivity index (χ2v) is 7.38. The van der Waals surface area contributed by atoms with E-state index in [2.05, 4.69) is 10.6 Å². The number of rotatable bonds is 5. The third-order valence-electron chi connectivity index (χ3n) is 4.23. The summed E-state index contributed by atoms with van der Waals surface area (Å²) in [5, 5.41) is 14.0. The molecule has 7 heteroatoms. The van der Waals surface area contributed by atoms with Crippen molar-refractivity contribution in [2.24, 2.45) is 5.92 Å². The van der Waals surface area contributed by atoms with Crippen LogP contribution in [0, 0.1) is 17.2 Å². The van der Waals surface area contributed by atoms with Crippen LogP contribution in [-0.2, 0) is 20.9 Å². The number of nitrogens with one attached hydrogen (secondary N) is 2.